The molecule has 2 amide bonds. The second kappa shape index (κ2) is 13.2. The first kappa shape index (κ1) is 29.4. The Hall–Kier alpha value is -4.54. The molecule has 4 rings (SSSR count). The van der Waals surface area contributed by atoms with Crippen LogP contribution in [0.4, 0.5) is 27.1 Å². The normalized spacial score (nSPS) is 12.1. The van der Waals surface area contributed by atoms with Gasteiger partial charge in [0, 0.05) is 30.9 Å². The van der Waals surface area contributed by atoms with Crippen molar-refractivity contribution in [3.63, 3.8) is 0 Å². The zero-order valence-electron chi connectivity index (χ0n) is 20.9. The Morgan fingerprint density at radius 1 is 1.15 bits per heavy atom. The highest BCUT2D eigenvalue weighted by Crippen LogP contribution is 2.25. The van der Waals surface area contributed by atoms with E-state index in [-0.39, 0.29) is 42.3 Å². The Bertz CT molecular complexity index is 1480. The highest BCUT2D eigenvalue weighted by molar-refractivity contribution is 7.15. The van der Waals surface area contributed by atoms with Crippen LogP contribution in [-0.4, -0.2) is 54.5 Å². The average molecular weight is 597 g/mol. The lowest BCUT2D eigenvalue weighted by molar-refractivity contribution is -0.274. The molecular weight excluding hydrogens is 575 g/mol. The number of pyridine rings is 1. The van der Waals surface area contributed by atoms with E-state index in [9.17, 15) is 31.5 Å². The molecule has 3 aromatic heterocycles. The van der Waals surface area contributed by atoms with E-state index >= 15 is 0 Å². The van der Waals surface area contributed by atoms with E-state index in [4.69, 9.17) is 0 Å². The van der Waals surface area contributed by atoms with E-state index in [1.807, 2.05) is 0 Å². The molecule has 0 aliphatic rings. The lowest BCUT2D eigenvalue weighted by atomic mass is 10.1. The summed E-state index contributed by atoms with van der Waals surface area (Å²) in [6.45, 7) is 0.0878. The van der Waals surface area contributed by atoms with E-state index in [2.05, 4.69) is 40.9 Å². The quantitative estimate of drug-likeness (QED) is 0.237. The van der Waals surface area contributed by atoms with Crippen LogP contribution in [0.3, 0.4) is 0 Å². The maximum Gasteiger partial charge on any atom is 0.573 e. The summed E-state index contributed by atoms with van der Waals surface area (Å²) in [4.78, 5) is 28.5. The number of rotatable bonds is 12. The predicted octanol–water partition coefficient (Wildman–Crippen LogP) is 3.64. The number of hydrogen-bond acceptors (Lipinski definition) is 9. The van der Waals surface area contributed by atoms with Crippen molar-refractivity contribution >= 4 is 28.3 Å². The number of aromatic nitrogens is 6. The Morgan fingerprint density at radius 2 is 1.98 bits per heavy atom. The van der Waals surface area contributed by atoms with Crippen molar-refractivity contribution in [2.24, 2.45) is 0 Å². The first-order valence-corrected chi connectivity index (χ1v) is 12.7. The van der Waals surface area contributed by atoms with Gasteiger partial charge in [-0.1, -0.05) is 22.6 Å². The fourth-order valence-electron chi connectivity index (χ4n) is 3.47. The summed E-state index contributed by atoms with van der Waals surface area (Å²) in [5, 5.41) is 20.7. The first-order valence-electron chi connectivity index (χ1n) is 11.9. The molecule has 0 saturated carbocycles. The third-order valence-electron chi connectivity index (χ3n) is 5.32. The van der Waals surface area contributed by atoms with Gasteiger partial charge in [0.05, 0.1) is 19.2 Å². The second-order valence-corrected chi connectivity index (χ2v) is 9.59. The highest BCUT2D eigenvalue weighted by Gasteiger charge is 2.31. The third kappa shape index (κ3) is 9.26. The Morgan fingerprint density at radius 3 is 2.73 bits per heavy atom. The summed E-state index contributed by atoms with van der Waals surface area (Å²) in [5.41, 5.74) is 0.525. The number of anilines is 1. The number of aryl methyl sites for hydroxylation is 1. The van der Waals surface area contributed by atoms with Crippen molar-refractivity contribution < 1.29 is 36.3 Å². The van der Waals surface area contributed by atoms with Gasteiger partial charge in [0.1, 0.15) is 22.7 Å². The molecule has 4 aromatic rings. The number of nitrogens with one attached hydrogen (secondary N) is 2. The molecule has 0 spiro atoms. The van der Waals surface area contributed by atoms with Gasteiger partial charge in [0.15, 0.2) is 5.69 Å². The van der Waals surface area contributed by atoms with Gasteiger partial charge in [-0.25, -0.2) is 13.5 Å². The van der Waals surface area contributed by atoms with E-state index < -0.39 is 42.3 Å². The minimum atomic E-state index is -4.96. The fourth-order valence-corrected chi connectivity index (χ4v) is 4.24. The largest absolute Gasteiger partial charge is 0.573 e. The summed E-state index contributed by atoms with van der Waals surface area (Å²) in [6.07, 6.45) is -2.14. The van der Waals surface area contributed by atoms with E-state index in [0.29, 0.717) is 5.01 Å². The van der Waals surface area contributed by atoms with Crippen LogP contribution in [-0.2, 0) is 30.7 Å². The maximum atomic E-state index is 14.6. The summed E-state index contributed by atoms with van der Waals surface area (Å²) < 4.78 is 70.7. The molecule has 1 unspecified atom stereocenters. The molecule has 11 nitrogen and oxygen atoms in total. The number of carbonyl (C=O) groups excluding carboxylic acids is 2. The smallest absolute Gasteiger partial charge is 0.406 e. The Balaban J connectivity index is 1.21. The minimum absolute atomic E-state index is 0.0299. The molecular formula is C24H21F5N8O3S. The molecule has 0 fully saturated rings. The molecule has 1 atom stereocenters. The van der Waals surface area contributed by atoms with Gasteiger partial charge < -0.3 is 15.4 Å². The fraction of sp³-hybridized carbons (Fsp3) is 0.292. The van der Waals surface area contributed by atoms with Crippen LogP contribution in [0.5, 0.6) is 5.75 Å². The molecule has 1 aromatic carbocycles. The number of alkyl halides is 4. The maximum absolute atomic E-state index is 14.6. The predicted molar refractivity (Wildman–Crippen MR) is 134 cm³/mol. The van der Waals surface area contributed by atoms with Crippen LogP contribution in [0.2, 0.25) is 0 Å². The number of amides is 2. The topological polar surface area (TPSA) is 137 Å². The van der Waals surface area contributed by atoms with Gasteiger partial charge in [0.25, 0.3) is 5.91 Å². The molecule has 0 radical (unpaired) electrons. The van der Waals surface area contributed by atoms with Crippen LogP contribution in [0.15, 0.2) is 48.9 Å². The van der Waals surface area contributed by atoms with Crippen LogP contribution in [0.1, 0.15) is 33.0 Å². The number of carbonyl (C=O) groups is 2. The summed E-state index contributed by atoms with van der Waals surface area (Å²) in [6, 6.07) is 5.88. The number of ether oxygens (including phenoxy) is 1. The van der Waals surface area contributed by atoms with Crippen molar-refractivity contribution in [2.45, 2.75) is 44.9 Å². The molecule has 0 aliphatic heterocycles. The van der Waals surface area contributed by atoms with Crippen molar-refractivity contribution in [2.75, 3.05) is 5.32 Å². The molecule has 17 heteroatoms. The van der Waals surface area contributed by atoms with Crippen molar-refractivity contribution in [3.05, 3.63) is 76.6 Å². The van der Waals surface area contributed by atoms with E-state index in [1.165, 1.54) is 10.9 Å². The van der Waals surface area contributed by atoms with Gasteiger partial charge in [-0.3, -0.25) is 14.6 Å². The molecule has 41 heavy (non-hydrogen) atoms. The number of nitrogens with zero attached hydrogens (tertiary/aromatic N) is 6. The van der Waals surface area contributed by atoms with Crippen LogP contribution in [0.25, 0.3) is 0 Å². The van der Waals surface area contributed by atoms with Crippen molar-refractivity contribution in [1.82, 2.24) is 35.5 Å². The number of halogens is 5. The second-order valence-electron chi connectivity index (χ2n) is 8.53. The van der Waals surface area contributed by atoms with Gasteiger partial charge in [-0.15, -0.1) is 28.5 Å². The molecule has 0 saturated heterocycles. The first-order chi connectivity index (χ1) is 19.5. The minimum Gasteiger partial charge on any atom is -0.406 e. The Kier molecular flexibility index (Phi) is 9.49. The van der Waals surface area contributed by atoms with Gasteiger partial charge in [-0.2, -0.15) is 0 Å². The van der Waals surface area contributed by atoms with E-state index in [1.54, 1.807) is 24.5 Å². The van der Waals surface area contributed by atoms with Crippen LogP contribution >= 0.6 is 11.3 Å². The van der Waals surface area contributed by atoms with E-state index in [0.717, 1.165) is 35.1 Å². The van der Waals surface area contributed by atoms with Gasteiger partial charge >= 0.3 is 6.36 Å². The lowest BCUT2D eigenvalue weighted by Gasteiger charge is -2.10. The summed E-state index contributed by atoms with van der Waals surface area (Å²) in [7, 11) is 0. The lowest BCUT2D eigenvalue weighted by Crippen LogP contribution is -2.23. The van der Waals surface area contributed by atoms with Crippen LogP contribution < -0.4 is 15.4 Å². The number of hydrogen-bond donors (Lipinski definition) is 2. The highest BCUT2D eigenvalue weighted by atomic mass is 32.1. The molecule has 3 heterocycles. The molecule has 0 aliphatic carbocycles. The van der Waals surface area contributed by atoms with Crippen molar-refractivity contribution in [1.29, 1.82) is 0 Å². The van der Waals surface area contributed by atoms with Gasteiger partial charge in [0.2, 0.25) is 11.0 Å². The number of benzene rings is 1. The van der Waals surface area contributed by atoms with Crippen LogP contribution in [0, 0.1) is 5.82 Å². The molecule has 0 bridgehead atoms. The Labute approximate surface area is 232 Å². The zero-order valence-corrected chi connectivity index (χ0v) is 21.8. The third-order valence-corrected chi connectivity index (χ3v) is 6.22. The zero-order chi connectivity index (χ0) is 29.4. The average Bonchev–Trinajstić information content (AvgIpc) is 3.57. The SMILES string of the molecule is O=C(Cc1cc(OC(F)(F)F)ccc1F)Nc1nnc(CCC(F)Cn2cc(C(=O)NCc3cccnc3)nn2)s1. The summed E-state index contributed by atoms with van der Waals surface area (Å²) in [5.74, 6) is -2.76. The summed E-state index contributed by atoms with van der Waals surface area (Å²) >= 11 is 0.967. The van der Waals surface area contributed by atoms with Crippen molar-refractivity contribution in [3.8, 4) is 5.75 Å². The molecule has 216 valence electrons. The molecule has 2 N–H and O–H groups in total. The van der Waals surface area contributed by atoms with Gasteiger partial charge in [-0.05, 0) is 36.2 Å². The standard InChI is InChI=1S/C24H21F5N8O3S/c25-16(12-37-13-19(33-36-37)22(39)31-11-14-2-1-7-30-10-14)3-6-21-34-35-23(41-21)32-20(38)9-15-8-17(4-5-18(15)26)40-24(27,28)29/h1-2,4-5,7-8,10,13,16H,3,6,9,11-12H2,(H,31,39)(H,32,35,38). The monoisotopic (exact) mass is 596 g/mol.